The van der Waals surface area contributed by atoms with E-state index in [-0.39, 0.29) is 18.1 Å². The van der Waals surface area contributed by atoms with Crippen LogP contribution in [0.25, 0.3) is 0 Å². The molecule has 1 aliphatic heterocycles. The zero-order valence-corrected chi connectivity index (χ0v) is 12.0. The number of carbonyl (C=O) groups is 2. The maximum atomic E-state index is 12.3. The van der Waals surface area contributed by atoms with Gasteiger partial charge in [-0.3, -0.25) is 9.59 Å². The lowest BCUT2D eigenvalue weighted by Crippen LogP contribution is -2.37. The summed E-state index contributed by atoms with van der Waals surface area (Å²) in [6, 6.07) is 7.00. The number of Topliss-reactive ketones (excluding diaryl/α,β-unsaturated/α-hetero) is 1. The molecule has 2 rings (SSSR count). The van der Waals surface area contributed by atoms with E-state index in [1.165, 1.54) is 0 Å². The Bertz CT molecular complexity index is 478. The molecule has 1 heterocycles. The predicted octanol–water partition coefficient (Wildman–Crippen LogP) is 2.71. The van der Waals surface area contributed by atoms with Crippen molar-refractivity contribution in [1.29, 1.82) is 0 Å². The normalized spacial score (nSPS) is 17.1. The average Bonchev–Trinajstić information content (AvgIpc) is 2.46. The van der Waals surface area contributed by atoms with Gasteiger partial charge < -0.3 is 10.0 Å². The lowest BCUT2D eigenvalue weighted by Gasteiger charge is -2.30. The second-order valence-electron chi connectivity index (χ2n) is 5.13. The van der Waals surface area contributed by atoms with Gasteiger partial charge in [-0.05, 0) is 50.2 Å². The number of aliphatic carboxylic acids is 1. The number of halogens is 1. The van der Waals surface area contributed by atoms with E-state index in [1.54, 1.807) is 24.3 Å². The number of rotatable bonds is 5. The fourth-order valence-corrected chi connectivity index (χ4v) is 2.65. The lowest BCUT2D eigenvalue weighted by atomic mass is 9.89. The molecule has 0 bridgehead atoms. The van der Waals surface area contributed by atoms with Crippen LogP contribution in [0.3, 0.4) is 0 Å². The Morgan fingerprint density at radius 1 is 1.20 bits per heavy atom. The minimum Gasteiger partial charge on any atom is -0.481 e. The molecule has 1 aromatic carbocycles. The summed E-state index contributed by atoms with van der Waals surface area (Å²) in [6.45, 7) is 2.14. The summed E-state index contributed by atoms with van der Waals surface area (Å²) in [5.41, 5.74) is 0.707. The standard InChI is InChI=1S/C15H18ClNO3/c16-13-3-1-11(2-4-13)15(20)12-5-8-17(9-6-12)10-7-14(18)19/h1-4,12H,5-10H2,(H,18,19). The molecule has 0 unspecified atom stereocenters. The molecule has 1 aliphatic rings. The Morgan fingerprint density at radius 2 is 1.80 bits per heavy atom. The number of nitrogens with zero attached hydrogens (tertiary/aromatic N) is 1. The Balaban J connectivity index is 1.85. The molecule has 0 atom stereocenters. The largest absolute Gasteiger partial charge is 0.481 e. The molecule has 108 valence electrons. The summed E-state index contributed by atoms with van der Waals surface area (Å²) < 4.78 is 0. The maximum Gasteiger partial charge on any atom is 0.304 e. The van der Waals surface area contributed by atoms with Crippen LogP contribution in [0.1, 0.15) is 29.6 Å². The smallest absolute Gasteiger partial charge is 0.304 e. The summed E-state index contributed by atoms with van der Waals surface area (Å²) in [7, 11) is 0. The summed E-state index contributed by atoms with van der Waals surface area (Å²) in [5, 5.41) is 9.29. The van der Waals surface area contributed by atoms with Crippen LogP contribution in [-0.2, 0) is 4.79 Å². The van der Waals surface area contributed by atoms with Gasteiger partial charge in [-0.25, -0.2) is 0 Å². The molecule has 1 aromatic rings. The van der Waals surface area contributed by atoms with E-state index in [1.807, 2.05) is 0 Å². The van der Waals surface area contributed by atoms with E-state index in [0.29, 0.717) is 17.1 Å². The average molecular weight is 296 g/mol. The zero-order chi connectivity index (χ0) is 14.5. The molecule has 1 N–H and O–H groups in total. The number of carbonyl (C=O) groups excluding carboxylic acids is 1. The van der Waals surface area contributed by atoms with Crippen molar-refractivity contribution >= 4 is 23.4 Å². The summed E-state index contributed by atoms with van der Waals surface area (Å²) >= 11 is 5.82. The number of likely N-dealkylation sites (tertiary alicyclic amines) is 1. The summed E-state index contributed by atoms with van der Waals surface area (Å²) in [4.78, 5) is 25.0. The molecule has 0 spiro atoms. The number of hydrogen-bond acceptors (Lipinski definition) is 3. The predicted molar refractivity (Wildman–Crippen MR) is 77.2 cm³/mol. The molecular weight excluding hydrogens is 278 g/mol. The Kier molecular flexibility index (Phi) is 5.15. The SMILES string of the molecule is O=C(O)CCN1CCC(C(=O)c2ccc(Cl)cc2)CC1. The lowest BCUT2D eigenvalue weighted by molar-refractivity contribution is -0.137. The van der Waals surface area contributed by atoms with Crippen LogP contribution in [0.2, 0.25) is 5.02 Å². The Labute approximate surface area is 123 Å². The van der Waals surface area contributed by atoms with Crippen molar-refractivity contribution in [3.63, 3.8) is 0 Å². The van der Waals surface area contributed by atoms with Crippen LogP contribution < -0.4 is 0 Å². The minimum absolute atomic E-state index is 0.0391. The van der Waals surface area contributed by atoms with Crippen LogP contribution in [0.15, 0.2) is 24.3 Å². The monoisotopic (exact) mass is 295 g/mol. The van der Waals surface area contributed by atoms with E-state index in [0.717, 1.165) is 25.9 Å². The zero-order valence-electron chi connectivity index (χ0n) is 11.2. The highest BCUT2D eigenvalue weighted by Crippen LogP contribution is 2.22. The number of hydrogen-bond donors (Lipinski definition) is 1. The number of piperidine rings is 1. The molecule has 0 radical (unpaired) electrons. The number of carboxylic acid groups (broad SMARTS) is 1. The van der Waals surface area contributed by atoms with Crippen LogP contribution >= 0.6 is 11.6 Å². The van der Waals surface area contributed by atoms with Crippen molar-refractivity contribution < 1.29 is 14.7 Å². The van der Waals surface area contributed by atoms with Gasteiger partial charge >= 0.3 is 5.97 Å². The van der Waals surface area contributed by atoms with E-state index in [9.17, 15) is 9.59 Å². The minimum atomic E-state index is -0.774. The first-order valence-corrected chi connectivity index (χ1v) is 7.18. The summed E-state index contributed by atoms with van der Waals surface area (Å²) in [6.07, 6.45) is 1.75. The van der Waals surface area contributed by atoms with Gasteiger partial charge in [0.15, 0.2) is 5.78 Å². The molecule has 4 nitrogen and oxygen atoms in total. The third-order valence-electron chi connectivity index (χ3n) is 3.73. The van der Waals surface area contributed by atoms with Gasteiger partial charge in [0.05, 0.1) is 6.42 Å². The van der Waals surface area contributed by atoms with E-state index >= 15 is 0 Å². The summed E-state index contributed by atoms with van der Waals surface area (Å²) in [5.74, 6) is -0.568. The molecule has 0 amide bonds. The van der Waals surface area contributed by atoms with Gasteiger partial charge in [-0.15, -0.1) is 0 Å². The second kappa shape index (κ2) is 6.86. The van der Waals surface area contributed by atoms with Crippen LogP contribution in [-0.4, -0.2) is 41.4 Å². The fraction of sp³-hybridized carbons (Fsp3) is 0.467. The maximum absolute atomic E-state index is 12.3. The van der Waals surface area contributed by atoms with Crippen LogP contribution in [0.5, 0.6) is 0 Å². The van der Waals surface area contributed by atoms with Crippen molar-refractivity contribution in [3.8, 4) is 0 Å². The quantitative estimate of drug-likeness (QED) is 0.849. The molecule has 0 aromatic heterocycles. The Morgan fingerprint density at radius 3 is 2.35 bits per heavy atom. The molecular formula is C15H18ClNO3. The molecule has 1 fully saturated rings. The Hall–Kier alpha value is -1.39. The van der Waals surface area contributed by atoms with Gasteiger partial charge in [0.1, 0.15) is 0 Å². The first kappa shape index (κ1) is 15.0. The van der Waals surface area contributed by atoms with Gasteiger partial charge in [-0.1, -0.05) is 11.6 Å². The molecule has 5 heteroatoms. The molecule has 0 saturated carbocycles. The van der Waals surface area contributed by atoms with Crippen molar-refractivity contribution in [2.45, 2.75) is 19.3 Å². The van der Waals surface area contributed by atoms with Crippen molar-refractivity contribution in [3.05, 3.63) is 34.9 Å². The van der Waals surface area contributed by atoms with Crippen molar-refractivity contribution in [2.75, 3.05) is 19.6 Å². The third kappa shape index (κ3) is 4.05. The fourth-order valence-electron chi connectivity index (χ4n) is 2.52. The molecule has 0 aliphatic carbocycles. The van der Waals surface area contributed by atoms with Gasteiger partial charge in [0, 0.05) is 23.0 Å². The van der Waals surface area contributed by atoms with Gasteiger partial charge in [0.25, 0.3) is 0 Å². The molecule has 20 heavy (non-hydrogen) atoms. The highest BCUT2D eigenvalue weighted by Gasteiger charge is 2.25. The van der Waals surface area contributed by atoms with Crippen molar-refractivity contribution in [2.24, 2.45) is 5.92 Å². The van der Waals surface area contributed by atoms with E-state index in [4.69, 9.17) is 16.7 Å². The molecule has 1 saturated heterocycles. The highest BCUT2D eigenvalue weighted by atomic mass is 35.5. The van der Waals surface area contributed by atoms with Crippen LogP contribution in [0, 0.1) is 5.92 Å². The van der Waals surface area contributed by atoms with Gasteiger partial charge in [-0.2, -0.15) is 0 Å². The third-order valence-corrected chi connectivity index (χ3v) is 3.98. The first-order valence-electron chi connectivity index (χ1n) is 6.80. The second-order valence-corrected chi connectivity index (χ2v) is 5.57. The first-order chi connectivity index (χ1) is 9.56. The number of ketones is 1. The number of benzene rings is 1. The topological polar surface area (TPSA) is 57.6 Å². The van der Waals surface area contributed by atoms with E-state index in [2.05, 4.69) is 4.90 Å². The van der Waals surface area contributed by atoms with E-state index < -0.39 is 5.97 Å². The van der Waals surface area contributed by atoms with Crippen molar-refractivity contribution in [1.82, 2.24) is 4.90 Å². The van der Waals surface area contributed by atoms with Gasteiger partial charge in [0.2, 0.25) is 0 Å². The highest BCUT2D eigenvalue weighted by molar-refractivity contribution is 6.30. The van der Waals surface area contributed by atoms with Crippen LogP contribution in [0.4, 0.5) is 0 Å². The number of carboxylic acids is 1.